The SMILES string of the molecule is C=C(CC(C)C)C(=O)O.CC(=O)O. The summed E-state index contributed by atoms with van der Waals surface area (Å²) in [5.74, 6) is -1.34. The van der Waals surface area contributed by atoms with Gasteiger partial charge in [-0.3, -0.25) is 4.79 Å². The molecule has 0 unspecified atom stereocenters. The van der Waals surface area contributed by atoms with Crippen LogP contribution >= 0.6 is 0 Å². The molecule has 4 heteroatoms. The van der Waals surface area contributed by atoms with Crippen LogP contribution in [0, 0.1) is 5.92 Å². The summed E-state index contributed by atoms with van der Waals surface area (Å²) in [4.78, 5) is 19.1. The zero-order chi connectivity index (χ0) is 11.0. The van der Waals surface area contributed by atoms with Crippen molar-refractivity contribution in [3.8, 4) is 0 Å². The van der Waals surface area contributed by atoms with Crippen molar-refractivity contribution in [1.82, 2.24) is 0 Å². The van der Waals surface area contributed by atoms with Gasteiger partial charge >= 0.3 is 5.97 Å². The number of rotatable bonds is 3. The maximum Gasteiger partial charge on any atom is 0.330 e. The first-order chi connectivity index (χ1) is 5.77. The van der Waals surface area contributed by atoms with Gasteiger partial charge in [-0.25, -0.2) is 4.79 Å². The lowest BCUT2D eigenvalue weighted by molar-refractivity contribution is -0.134. The molecule has 0 aliphatic heterocycles. The topological polar surface area (TPSA) is 74.6 Å². The summed E-state index contributed by atoms with van der Waals surface area (Å²) in [6.07, 6.45) is 0.579. The van der Waals surface area contributed by atoms with E-state index in [1.165, 1.54) is 0 Å². The van der Waals surface area contributed by atoms with Gasteiger partial charge in [-0.15, -0.1) is 0 Å². The Kier molecular flexibility index (Phi) is 8.02. The van der Waals surface area contributed by atoms with Gasteiger partial charge in [-0.2, -0.15) is 0 Å². The van der Waals surface area contributed by atoms with Crippen LogP contribution in [0.3, 0.4) is 0 Å². The number of hydrogen-bond acceptors (Lipinski definition) is 2. The number of hydrogen-bond donors (Lipinski definition) is 2. The smallest absolute Gasteiger partial charge is 0.330 e. The van der Waals surface area contributed by atoms with Crippen molar-refractivity contribution >= 4 is 11.9 Å². The maximum atomic E-state index is 10.1. The maximum absolute atomic E-state index is 10.1. The molecule has 0 spiro atoms. The first kappa shape index (κ1) is 14.2. The standard InChI is InChI=1S/C7H12O2.C2H4O2/c1-5(2)4-6(3)7(8)9;1-2(3)4/h5H,3-4H2,1-2H3,(H,8,9);1H3,(H,3,4). The van der Waals surface area contributed by atoms with Gasteiger partial charge in [0.2, 0.25) is 0 Å². The van der Waals surface area contributed by atoms with Crippen LogP contribution in [0.1, 0.15) is 27.2 Å². The summed E-state index contributed by atoms with van der Waals surface area (Å²) in [6, 6.07) is 0. The Balaban J connectivity index is 0. The summed E-state index contributed by atoms with van der Waals surface area (Å²) in [5, 5.41) is 15.7. The quantitative estimate of drug-likeness (QED) is 0.662. The molecule has 0 saturated heterocycles. The van der Waals surface area contributed by atoms with Gasteiger partial charge in [-0.05, 0) is 12.3 Å². The molecule has 0 radical (unpaired) electrons. The molecule has 0 aromatic rings. The monoisotopic (exact) mass is 188 g/mol. The highest BCUT2D eigenvalue weighted by Gasteiger charge is 2.04. The first-order valence-corrected chi connectivity index (χ1v) is 3.88. The molecule has 0 saturated carbocycles. The van der Waals surface area contributed by atoms with E-state index in [-0.39, 0.29) is 0 Å². The van der Waals surface area contributed by atoms with E-state index in [0.29, 0.717) is 17.9 Å². The minimum Gasteiger partial charge on any atom is -0.481 e. The van der Waals surface area contributed by atoms with Crippen molar-refractivity contribution < 1.29 is 19.8 Å². The molecule has 0 heterocycles. The summed E-state index contributed by atoms with van der Waals surface area (Å²) in [6.45, 7) is 8.41. The fourth-order valence-corrected chi connectivity index (χ4v) is 0.580. The Bertz CT molecular complexity index is 190. The van der Waals surface area contributed by atoms with E-state index in [1.54, 1.807) is 0 Å². The zero-order valence-corrected chi connectivity index (χ0v) is 8.20. The van der Waals surface area contributed by atoms with E-state index in [0.717, 1.165) is 6.92 Å². The molecule has 0 rings (SSSR count). The highest BCUT2D eigenvalue weighted by molar-refractivity contribution is 5.85. The van der Waals surface area contributed by atoms with Crippen molar-refractivity contribution in [2.24, 2.45) is 5.92 Å². The van der Waals surface area contributed by atoms with Crippen LogP contribution in [0.4, 0.5) is 0 Å². The lowest BCUT2D eigenvalue weighted by Gasteiger charge is -2.01. The van der Waals surface area contributed by atoms with Crippen LogP contribution in [0.2, 0.25) is 0 Å². The second-order valence-electron chi connectivity index (χ2n) is 3.03. The van der Waals surface area contributed by atoms with Crippen LogP contribution < -0.4 is 0 Å². The van der Waals surface area contributed by atoms with E-state index in [9.17, 15) is 4.79 Å². The van der Waals surface area contributed by atoms with Crippen molar-refractivity contribution in [1.29, 1.82) is 0 Å². The van der Waals surface area contributed by atoms with Crippen molar-refractivity contribution in [2.45, 2.75) is 27.2 Å². The van der Waals surface area contributed by atoms with E-state index in [4.69, 9.17) is 15.0 Å². The van der Waals surface area contributed by atoms with Crippen LogP contribution in [0.15, 0.2) is 12.2 Å². The predicted octanol–water partition coefficient (Wildman–Crippen LogP) is 1.76. The van der Waals surface area contributed by atoms with Crippen LogP contribution in [0.25, 0.3) is 0 Å². The number of carbonyl (C=O) groups is 2. The molecule has 2 N–H and O–H groups in total. The summed E-state index contributed by atoms with van der Waals surface area (Å²) >= 11 is 0. The third-order valence-electron chi connectivity index (χ3n) is 0.957. The average Bonchev–Trinajstić information content (AvgIpc) is 1.83. The van der Waals surface area contributed by atoms with E-state index < -0.39 is 11.9 Å². The lowest BCUT2D eigenvalue weighted by atomic mass is 10.1. The lowest BCUT2D eigenvalue weighted by Crippen LogP contribution is -2.01. The molecule has 0 amide bonds. The van der Waals surface area contributed by atoms with E-state index in [1.807, 2.05) is 13.8 Å². The largest absolute Gasteiger partial charge is 0.481 e. The molecular weight excluding hydrogens is 172 g/mol. The number of carboxylic acid groups (broad SMARTS) is 2. The fourth-order valence-electron chi connectivity index (χ4n) is 0.580. The zero-order valence-electron chi connectivity index (χ0n) is 8.20. The van der Waals surface area contributed by atoms with Gasteiger partial charge in [0, 0.05) is 12.5 Å². The van der Waals surface area contributed by atoms with E-state index in [2.05, 4.69) is 6.58 Å². The van der Waals surface area contributed by atoms with Crippen LogP contribution in [-0.2, 0) is 9.59 Å². The number of aliphatic carboxylic acids is 2. The fraction of sp³-hybridized carbons (Fsp3) is 0.556. The van der Waals surface area contributed by atoms with Gasteiger partial charge in [0.15, 0.2) is 0 Å². The Morgan fingerprint density at radius 2 is 1.62 bits per heavy atom. The Morgan fingerprint density at radius 3 is 1.69 bits per heavy atom. The predicted molar refractivity (Wildman–Crippen MR) is 49.5 cm³/mol. The Hall–Kier alpha value is -1.32. The minimum atomic E-state index is -0.885. The first-order valence-electron chi connectivity index (χ1n) is 3.88. The molecule has 0 bridgehead atoms. The van der Waals surface area contributed by atoms with E-state index >= 15 is 0 Å². The molecule has 4 nitrogen and oxygen atoms in total. The normalized spacial score (nSPS) is 8.62. The molecule has 0 aliphatic carbocycles. The summed E-state index contributed by atoms with van der Waals surface area (Å²) in [7, 11) is 0. The third kappa shape index (κ3) is 18.0. The number of carboxylic acids is 2. The third-order valence-corrected chi connectivity index (χ3v) is 0.957. The highest BCUT2D eigenvalue weighted by atomic mass is 16.4. The van der Waals surface area contributed by atoms with Crippen LogP contribution in [-0.4, -0.2) is 22.2 Å². The van der Waals surface area contributed by atoms with Gasteiger partial charge < -0.3 is 10.2 Å². The molecule has 76 valence electrons. The molecule has 0 fully saturated rings. The summed E-state index contributed by atoms with van der Waals surface area (Å²) < 4.78 is 0. The minimum absolute atomic E-state index is 0.296. The van der Waals surface area contributed by atoms with Crippen molar-refractivity contribution in [3.63, 3.8) is 0 Å². The Morgan fingerprint density at radius 1 is 1.31 bits per heavy atom. The van der Waals surface area contributed by atoms with Crippen molar-refractivity contribution in [2.75, 3.05) is 0 Å². The molecule has 0 aliphatic rings. The van der Waals surface area contributed by atoms with Gasteiger partial charge in [0.1, 0.15) is 0 Å². The molecular formula is C9H16O4. The second-order valence-corrected chi connectivity index (χ2v) is 3.03. The van der Waals surface area contributed by atoms with Gasteiger partial charge in [0.25, 0.3) is 5.97 Å². The molecule has 13 heavy (non-hydrogen) atoms. The summed E-state index contributed by atoms with van der Waals surface area (Å²) in [5.41, 5.74) is 0.296. The van der Waals surface area contributed by atoms with Crippen molar-refractivity contribution in [3.05, 3.63) is 12.2 Å². The average molecular weight is 188 g/mol. The molecule has 0 aromatic carbocycles. The van der Waals surface area contributed by atoms with Gasteiger partial charge in [-0.1, -0.05) is 20.4 Å². The van der Waals surface area contributed by atoms with Crippen LogP contribution in [0.5, 0.6) is 0 Å². The second kappa shape index (κ2) is 7.34. The Labute approximate surface area is 77.9 Å². The highest BCUT2D eigenvalue weighted by Crippen LogP contribution is 2.07. The molecule has 0 aromatic heterocycles. The van der Waals surface area contributed by atoms with Gasteiger partial charge in [0.05, 0.1) is 0 Å². The molecule has 0 atom stereocenters.